The molecular formula is C36H22N4S2. The second kappa shape index (κ2) is 10.4. The summed E-state index contributed by atoms with van der Waals surface area (Å²) in [5, 5.41) is 8.77. The molecule has 0 amide bonds. The normalized spacial score (nSPS) is 11.3. The Morgan fingerprint density at radius 2 is 0.905 bits per heavy atom. The molecule has 0 unspecified atom stereocenters. The molecule has 0 aliphatic heterocycles. The average Bonchev–Trinajstić information content (AvgIpc) is 3.80. The SMILES string of the molecule is c1ccc(-c2ccc3c(-c4ccc(-c5cscn5)nc4)c4ccccc4c(-c4ccc(-c5cscn5)nc4)c3c2)cc1. The van der Waals surface area contributed by atoms with Crippen LogP contribution in [0.15, 0.2) is 131 Å². The van der Waals surface area contributed by atoms with Crippen molar-refractivity contribution >= 4 is 44.2 Å². The van der Waals surface area contributed by atoms with Gasteiger partial charge in [0.1, 0.15) is 0 Å². The minimum absolute atomic E-state index is 0.876. The lowest BCUT2D eigenvalue weighted by Gasteiger charge is -2.18. The van der Waals surface area contributed by atoms with E-state index in [4.69, 9.17) is 9.97 Å². The van der Waals surface area contributed by atoms with Crippen molar-refractivity contribution in [1.82, 2.24) is 19.9 Å². The predicted octanol–water partition coefficient (Wildman–Crippen LogP) is 10.0. The molecule has 42 heavy (non-hydrogen) atoms. The lowest BCUT2D eigenvalue weighted by atomic mass is 9.85. The highest BCUT2D eigenvalue weighted by molar-refractivity contribution is 7.08. The summed E-state index contributed by atoms with van der Waals surface area (Å²) in [6.07, 6.45) is 3.96. The number of fused-ring (bicyclic) bond motifs is 2. The molecule has 198 valence electrons. The van der Waals surface area contributed by atoms with E-state index < -0.39 is 0 Å². The average molecular weight is 575 g/mol. The molecule has 0 saturated carbocycles. The van der Waals surface area contributed by atoms with E-state index in [2.05, 4.69) is 107 Å². The number of pyridine rings is 2. The van der Waals surface area contributed by atoms with Gasteiger partial charge in [0.05, 0.1) is 33.8 Å². The molecule has 6 heteroatoms. The number of nitrogens with zero attached hydrogens (tertiary/aromatic N) is 4. The maximum absolute atomic E-state index is 4.84. The molecule has 4 nitrogen and oxygen atoms in total. The Morgan fingerprint density at radius 1 is 0.381 bits per heavy atom. The van der Waals surface area contributed by atoms with Crippen LogP contribution in [0.25, 0.3) is 77.7 Å². The van der Waals surface area contributed by atoms with Gasteiger partial charge in [-0.2, -0.15) is 0 Å². The lowest BCUT2D eigenvalue weighted by molar-refractivity contribution is 1.28. The Labute approximate surface area is 250 Å². The smallest absolute Gasteiger partial charge is 0.0995 e. The molecule has 0 radical (unpaired) electrons. The van der Waals surface area contributed by atoms with Crippen LogP contribution in [0.2, 0.25) is 0 Å². The Hall–Kier alpha value is -5.04. The summed E-state index contributed by atoms with van der Waals surface area (Å²) in [7, 11) is 0. The zero-order valence-electron chi connectivity index (χ0n) is 22.3. The van der Waals surface area contributed by atoms with Crippen LogP contribution in [0.4, 0.5) is 0 Å². The lowest BCUT2D eigenvalue weighted by Crippen LogP contribution is -1.93. The van der Waals surface area contributed by atoms with Crippen LogP contribution >= 0.6 is 22.7 Å². The van der Waals surface area contributed by atoms with Gasteiger partial charge in [-0.05, 0) is 62.0 Å². The van der Waals surface area contributed by atoms with Crippen LogP contribution in [0.5, 0.6) is 0 Å². The van der Waals surface area contributed by atoms with E-state index in [1.807, 2.05) is 34.2 Å². The van der Waals surface area contributed by atoms with Gasteiger partial charge in [-0.25, -0.2) is 9.97 Å². The fourth-order valence-electron chi connectivity index (χ4n) is 5.68. The fourth-order valence-corrected chi connectivity index (χ4v) is 6.77. The number of benzene rings is 4. The van der Waals surface area contributed by atoms with E-state index in [9.17, 15) is 0 Å². The second-order valence-electron chi connectivity index (χ2n) is 10.0. The van der Waals surface area contributed by atoms with E-state index in [0.717, 1.165) is 33.9 Å². The van der Waals surface area contributed by atoms with Crippen molar-refractivity contribution < 1.29 is 0 Å². The number of thiazole rings is 2. The Bertz CT molecular complexity index is 2150. The van der Waals surface area contributed by atoms with Gasteiger partial charge >= 0.3 is 0 Å². The first kappa shape index (κ1) is 24.7. The van der Waals surface area contributed by atoms with Gasteiger partial charge in [0, 0.05) is 34.3 Å². The minimum atomic E-state index is 0.876. The third-order valence-corrected chi connectivity index (χ3v) is 8.80. The van der Waals surface area contributed by atoms with E-state index in [1.165, 1.54) is 43.8 Å². The quantitative estimate of drug-likeness (QED) is 0.192. The van der Waals surface area contributed by atoms with Gasteiger partial charge in [0.25, 0.3) is 0 Å². The predicted molar refractivity (Wildman–Crippen MR) is 176 cm³/mol. The maximum atomic E-state index is 4.84. The molecular weight excluding hydrogens is 553 g/mol. The standard InChI is InChI=1S/C36H22N4S2/c1-2-6-23(7-3-1)24-10-13-29-30(16-24)36(26-12-15-32(38-18-26)34-20-42-22-40-34)28-9-5-4-8-27(28)35(29)25-11-14-31(37-17-25)33-19-41-21-39-33/h1-22H. The molecule has 0 saturated heterocycles. The third kappa shape index (κ3) is 4.29. The first-order valence-electron chi connectivity index (χ1n) is 13.6. The summed E-state index contributed by atoms with van der Waals surface area (Å²) in [5.41, 5.74) is 14.1. The van der Waals surface area contributed by atoms with Crippen LogP contribution < -0.4 is 0 Å². The number of rotatable bonds is 5. The summed E-state index contributed by atoms with van der Waals surface area (Å²) in [4.78, 5) is 18.5. The van der Waals surface area contributed by atoms with Crippen LogP contribution in [0, 0.1) is 0 Å². The van der Waals surface area contributed by atoms with Gasteiger partial charge < -0.3 is 0 Å². The van der Waals surface area contributed by atoms with Gasteiger partial charge in [-0.15, -0.1) is 22.7 Å². The van der Waals surface area contributed by atoms with Crippen molar-refractivity contribution in [3.63, 3.8) is 0 Å². The van der Waals surface area contributed by atoms with Crippen molar-refractivity contribution in [2.24, 2.45) is 0 Å². The van der Waals surface area contributed by atoms with Crippen molar-refractivity contribution in [3.8, 4) is 56.2 Å². The van der Waals surface area contributed by atoms with Crippen molar-refractivity contribution in [2.45, 2.75) is 0 Å². The Balaban J connectivity index is 1.40. The molecule has 0 atom stereocenters. The van der Waals surface area contributed by atoms with Crippen LogP contribution in [-0.4, -0.2) is 19.9 Å². The van der Waals surface area contributed by atoms with Crippen LogP contribution in [0.1, 0.15) is 0 Å². The molecule has 8 aromatic rings. The van der Waals surface area contributed by atoms with Crippen LogP contribution in [-0.2, 0) is 0 Å². The summed E-state index contributed by atoms with van der Waals surface area (Å²) in [5.74, 6) is 0. The fraction of sp³-hybridized carbons (Fsp3) is 0. The molecule has 8 rings (SSSR count). The molecule has 0 fully saturated rings. The Morgan fingerprint density at radius 3 is 1.43 bits per heavy atom. The molecule has 4 aromatic carbocycles. The zero-order valence-corrected chi connectivity index (χ0v) is 23.9. The zero-order chi connectivity index (χ0) is 27.9. The molecule has 4 heterocycles. The highest BCUT2D eigenvalue weighted by Gasteiger charge is 2.18. The largest absolute Gasteiger partial charge is 0.254 e. The van der Waals surface area contributed by atoms with Crippen molar-refractivity contribution in [2.75, 3.05) is 0 Å². The monoisotopic (exact) mass is 574 g/mol. The second-order valence-corrected chi connectivity index (χ2v) is 11.5. The molecule has 0 N–H and O–H groups in total. The van der Waals surface area contributed by atoms with Gasteiger partial charge in [-0.3, -0.25) is 9.97 Å². The summed E-state index contributed by atoms with van der Waals surface area (Å²) in [6, 6.07) is 34.5. The summed E-state index contributed by atoms with van der Waals surface area (Å²) in [6.45, 7) is 0. The molecule has 0 bridgehead atoms. The summed E-state index contributed by atoms with van der Waals surface area (Å²) >= 11 is 3.16. The van der Waals surface area contributed by atoms with Gasteiger partial charge in [-0.1, -0.05) is 78.9 Å². The third-order valence-electron chi connectivity index (χ3n) is 7.62. The molecule has 0 aliphatic carbocycles. The van der Waals surface area contributed by atoms with Crippen molar-refractivity contribution in [1.29, 1.82) is 0 Å². The van der Waals surface area contributed by atoms with E-state index in [-0.39, 0.29) is 0 Å². The minimum Gasteiger partial charge on any atom is -0.254 e. The van der Waals surface area contributed by atoms with E-state index in [0.29, 0.717) is 0 Å². The first-order valence-corrected chi connectivity index (χ1v) is 15.5. The Kier molecular flexibility index (Phi) is 6.13. The van der Waals surface area contributed by atoms with Crippen molar-refractivity contribution in [3.05, 3.63) is 131 Å². The van der Waals surface area contributed by atoms with Gasteiger partial charge in [0.15, 0.2) is 0 Å². The van der Waals surface area contributed by atoms with E-state index >= 15 is 0 Å². The number of aromatic nitrogens is 4. The maximum Gasteiger partial charge on any atom is 0.0995 e. The highest BCUT2D eigenvalue weighted by atomic mass is 32.1. The molecule has 0 aliphatic rings. The van der Waals surface area contributed by atoms with Gasteiger partial charge in [0.2, 0.25) is 0 Å². The summed E-state index contributed by atoms with van der Waals surface area (Å²) < 4.78 is 0. The molecule has 0 spiro atoms. The topological polar surface area (TPSA) is 51.6 Å². The van der Waals surface area contributed by atoms with Crippen LogP contribution in [0.3, 0.4) is 0 Å². The number of hydrogen-bond acceptors (Lipinski definition) is 6. The van der Waals surface area contributed by atoms with E-state index in [1.54, 1.807) is 22.7 Å². The highest BCUT2D eigenvalue weighted by Crippen LogP contribution is 2.44. The first-order chi connectivity index (χ1) is 20.8. The molecule has 4 aromatic heterocycles. The number of hydrogen-bond donors (Lipinski definition) is 0.